The minimum atomic E-state index is -0.224. The first-order valence-corrected chi connectivity index (χ1v) is 6.67. The van der Waals surface area contributed by atoms with E-state index in [-0.39, 0.29) is 11.9 Å². The number of carbonyl (C=O) groups is 1. The number of imidazole rings is 1. The van der Waals surface area contributed by atoms with Crippen LogP contribution in [0.2, 0.25) is 0 Å². The molecule has 6 heteroatoms. The summed E-state index contributed by atoms with van der Waals surface area (Å²) >= 11 is 0. The van der Waals surface area contributed by atoms with Crippen LogP contribution in [0.4, 0.5) is 0 Å². The fourth-order valence-electron chi connectivity index (χ4n) is 2.12. The second-order valence-corrected chi connectivity index (χ2v) is 4.97. The van der Waals surface area contributed by atoms with Gasteiger partial charge in [0.15, 0.2) is 0 Å². The van der Waals surface area contributed by atoms with Crippen LogP contribution in [0.25, 0.3) is 11.0 Å². The van der Waals surface area contributed by atoms with Crippen molar-refractivity contribution in [2.75, 3.05) is 0 Å². The van der Waals surface area contributed by atoms with E-state index in [1.54, 1.807) is 6.07 Å². The van der Waals surface area contributed by atoms with Crippen molar-refractivity contribution in [3.8, 4) is 0 Å². The molecule has 1 amide bonds. The lowest BCUT2D eigenvalue weighted by atomic mass is 10.2. The number of H-pyrrole nitrogens is 1. The third-order valence-corrected chi connectivity index (χ3v) is 3.26. The third kappa shape index (κ3) is 2.74. The Labute approximate surface area is 121 Å². The number of benzene rings is 1. The van der Waals surface area contributed by atoms with Gasteiger partial charge in [0.25, 0.3) is 5.91 Å². The zero-order valence-electron chi connectivity index (χ0n) is 11.8. The second kappa shape index (κ2) is 5.32. The monoisotopic (exact) mass is 281 g/mol. The average Bonchev–Trinajstić information content (AvgIpc) is 2.91. The van der Waals surface area contributed by atoms with Gasteiger partial charge in [-0.3, -0.25) is 4.79 Å². The molecule has 3 rings (SSSR count). The number of nitrogens with zero attached hydrogens (tertiary/aromatic N) is 3. The van der Waals surface area contributed by atoms with Gasteiger partial charge in [-0.25, -0.2) is 4.98 Å². The number of hydrogen-bond donors (Lipinski definition) is 2. The molecule has 21 heavy (non-hydrogen) atoms. The summed E-state index contributed by atoms with van der Waals surface area (Å²) < 4.78 is 0. The first-order chi connectivity index (χ1) is 10.1. The highest BCUT2D eigenvalue weighted by Crippen LogP contribution is 2.17. The minimum absolute atomic E-state index is 0.200. The van der Waals surface area contributed by atoms with Gasteiger partial charge in [0.2, 0.25) is 0 Å². The van der Waals surface area contributed by atoms with Crippen LogP contribution in [-0.4, -0.2) is 26.1 Å². The van der Waals surface area contributed by atoms with E-state index in [0.717, 1.165) is 22.4 Å². The highest BCUT2D eigenvalue weighted by molar-refractivity contribution is 5.94. The number of hydrogen-bond acceptors (Lipinski definition) is 4. The molecule has 2 heterocycles. The maximum Gasteiger partial charge on any atom is 0.253 e. The van der Waals surface area contributed by atoms with Crippen LogP contribution < -0.4 is 5.32 Å². The number of aromatic nitrogens is 4. The van der Waals surface area contributed by atoms with Gasteiger partial charge in [-0.2, -0.15) is 10.2 Å². The first kappa shape index (κ1) is 13.2. The number of fused-ring (bicyclic) bond motifs is 1. The Kier molecular flexibility index (Phi) is 3.35. The molecule has 0 spiro atoms. The smallest absolute Gasteiger partial charge is 0.253 e. The standard InChI is InChI=1S/C15H15N5O/c1-9-3-4-12-13(7-9)20-14(19-12)10(2)18-15(21)11-5-6-16-17-8-11/h3-8,10H,1-2H3,(H,18,21)(H,19,20)/t10-/m1/s1. The Morgan fingerprint density at radius 2 is 2.14 bits per heavy atom. The largest absolute Gasteiger partial charge is 0.342 e. The summed E-state index contributed by atoms with van der Waals surface area (Å²) in [7, 11) is 0. The van der Waals surface area contributed by atoms with Gasteiger partial charge >= 0.3 is 0 Å². The predicted octanol–water partition coefficient (Wildman–Crippen LogP) is 2.15. The molecule has 0 fully saturated rings. The third-order valence-electron chi connectivity index (χ3n) is 3.26. The molecule has 0 aliphatic rings. The highest BCUT2D eigenvalue weighted by atomic mass is 16.1. The molecule has 2 N–H and O–H groups in total. The molecule has 1 atom stereocenters. The predicted molar refractivity (Wildman–Crippen MR) is 78.7 cm³/mol. The molecule has 0 radical (unpaired) electrons. The summed E-state index contributed by atoms with van der Waals surface area (Å²) in [4.78, 5) is 19.8. The molecule has 0 aliphatic heterocycles. The van der Waals surface area contributed by atoms with E-state index in [1.807, 2.05) is 32.0 Å². The lowest BCUT2D eigenvalue weighted by molar-refractivity contribution is 0.0938. The van der Waals surface area contributed by atoms with Gasteiger partial charge in [0.1, 0.15) is 5.82 Å². The fraction of sp³-hybridized carbons (Fsp3) is 0.200. The van der Waals surface area contributed by atoms with Crippen LogP contribution >= 0.6 is 0 Å². The minimum Gasteiger partial charge on any atom is -0.342 e. The van der Waals surface area contributed by atoms with Crippen molar-refractivity contribution in [3.05, 3.63) is 53.6 Å². The van der Waals surface area contributed by atoms with Gasteiger partial charge in [-0.1, -0.05) is 6.07 Å². The highest BCUT2D eigenvalue weighted by Gasteiger charge is 2.15. The zero-order chi connectivity index (χ0) is 14.8. The quantitative estimate of drug-likeness (QED) is 0.770. The van der Waals surface area contributed by atoms with Crippen molar-refractivity contribution in [1.29, 1.82) is 0 Å². The van der Waals surface area contributed by atoms with Crippen molar-refractivity contribution in [2.24, 2.45) is 0 Å². The average molecular weight is 281 g/mol. The van der Waals surface area contributed by atoms with Crippen molar-refractivity contribution < 1.29 is 4.79 Å². The molecule has 106 valence electrons. The summed E-state index contributed by atoms with van der Waals surface area (Å²) in [6.07, 6.45) is 2.92. The van der Waals surface area contributed by atoms with Crippen molar-refractivity contribution >= 4 is 16.9 Å². The number of amides is 1. The van der Waals surface area contributed by atoms with E-state index in [4.69, 9.17) is 0 Å². The van der Waals surface area contributed by atoms with Gasteiger partial charge in [0.05, 0.1) is 35.0 Å². The van der Waals surface area contributed by atoms with E-state index in [2.05, 4.69) is 25.5 Å². The molecule has 0 bridgehead atoms. The molecule has 0 saturated heterocycles. The fourth-order valence-corrected chi connectivity index (χ4v) is 2.12. The normalized spacial score (nSPS) is 12.3. The number of rotatable bonds is 3. The maximum atomic E-state index is 12.1. The summed E-state index contributed by atoms with van der Waals surface area (Å²) in [5.74, 6) is 0.528. The van der Waals surface area contributed by atoms with Gasteiger partial charge in [0, 0.05) is 0 Å². The Morgan fingerprint density at radius 3 is 2.90 bits per heavy atom. The van der Waals surface area contributed by atoms with Gasteiger partial charge < -0.3 is 10.3 Å². The SMILES string of the molecule is Cc1ccc2nc([C@@H](C)NC(=O)c3ccnnc3)[nH]c2c1. The lowest BCUT2D eigenvalue weighted by Crippen LogP contribution is -2.27. The molecular weight excluding hydrogens is 266 g/mol. The Morgan fingerprint density at radius 1 is 1.29 bits per heavy atom. The van der Waals surface area contributed by atoms with Crippen LogP contribution in [-0.2, 0) is 0 Å². The lowest BCUT2D eigenvalue weighted by Gasteiger charge is -2.10. The van der Waals surface area contributed by atoms with Gasteiger partial charge in [-0.05, 0) is 37.6 Å². The number of aryl methyl sites for hydroxylation is 1. The summed E-state index contributed by atoms with van der Waals surface area (Å²) in [6.45, 7) is 3.92. The van der Waals surface area contributed by atoms with Crippen molar-refractivity contribution in [3.63, 3.8) is 0 Å². The van der Waals surface area contributed by atoms with E-state index < -0.39 is 0 Å². The summed E-state index contributed by atoms with van der Waals surface area (Å²) in [6, 6.07) is 7.41. The van der Waals surface area contributed by atoms with Crippen LogP contribution in [0, 0.1) is 6.92 Å². The molecule has 2 aromatic heterocycles. The molecule has 0 aliphatic carbocycles. The van der Waals surface area contributed by atoms with E-state index in [0.29, 0.717) is 5.56 Å². The molecule has 1 aromatic carbocycles. The van der Waals surface area contributed by atoms with Gasteiger partial charge in [-0.15, -0.1) is 0 Å². The molecule has 3 aromatic rings. The second-order valence-electron chi connectivity index (χ2n) is 4.97. The van der Waals surface area contributed by atoms with Crippen LogP contribution in [0.1, 0.15) is 34.7 Å². The van der Waals surface area contributed by atoms with Crippen LogP contribution in [0.3, 0.4) is 0 Å². The van der Waals surface area contributed by atoms with Crippen LogP contribution in [0.5, 0.6) is 0 Å². The molecule has 0 unspecified atom stereocenters. The zero-order valence-corrected chi connectivity index (χ0v) is 11.8. The Hall–Kier alpha value is -2.76. The van der Waals surface area contributed by atoms with E-state index in [9.17, 15) is 4.79 Å². The summed E-state index contributed by atoms with van der Waals surface area (Å²) in [5.41, 5.74) is 3.50. The molecule has 0 saturated carbocycles. The molecular formula is C15H15N5O. The van der Waals surface area contributed by atoms with Crippen molar-refractivity contribution in [1.82, 2.24) is 25.5 Å². The number of carbonyl (C=O) groups excluding carboxylic acids is 1. The number of nitrogens with one attached hydrogen (secondary N) is 2. The number of aromatic amines is 1. The Balaban J connectivity index is 1.80. The molecule has 6 nitrogen and oxygen atoms in total. The maximum absolute atomic E-state index is 12.1. The topological polar surface area (TPSA) is 83.6 Å². The summed E-state index contributed by atoms with van der Waals surface area (Å²) in [5, 5.41) is 10.2. The Bertz CT molecular complexity index is 781. The van der Waals surface area contributed by atoms with Crippen molar-refractivity contribution in [2.45, 2.75) is 19.9 Å². The first-order valence-electron chi connectivity index (χ1n) is 6.67. The van der Waals surface area contributed by atoms with E-state index in [1.165, 1.54) is 12.4 Å². The van der Waals surface area contributed by atoms with E-state index >= 15 is 0 Å². The van der Waals surface area contributed by atoms with Crippen LogP contribution in [0.15, 0.2) is 36.7 Å².